The third-order valence-corrected chi connectivity index (χ3v) is 3.00. The van der Waals surface area contributed by atoms with Gasteiger partial charge in [0.05, 0.1) is 5.52 Å². The molecule has 2 aromatic rings. The monoisotopic (exact) mass is 241 g/mol. The molecule has 0 spiro atoms. The first-order valence-electron chi connectivity index (χ1n) is 4.23. The molecule has 84 valence electrons. The maximum Gasteiger partial charge on any atom is 0.303 e. The summed E-state index contributed by atoms with van der Waals surface area (Å²) in [6, 6.07) is 6.11. The SMILES string of the molecule is O=c1[nH]c2ccccc2c(O)c1S(=O)(=O)O. The average molecular weight is 241 g/mol. The topological polar surface area (TPSA) is 107 Å². The van der Waals surface area contributed by atoms with E-state index in [0.717, 1.165) is 0 Å². The van der Waals surface area contributed by atoms with E-state index in [1.54, 1.807) is 12.1 Å². The minimum Gasteiger partial charge on any atom is -0.506 e. The van der Waals surface area contributed by atoms with Crippen LogP contribution in [0.1, 0.15) is 0 Å². The van der Waals surface area contributed by atoms with Gasteiger partial charge in [-0.1, -0.05) is 12.1 Å². The van der Waals surface area contributed by atoms with Crippen LogP contribution < -0.4 is 5.56 Å². The highest BCUT2D eigenvalue weighted by atomic mass is 32.2. The molecule has 0 bridgehead atoms. The molecule has 0 unspecified atom stereocenters. The lowest BCUT2D eigenvalue weighted by Gasteiger charge is -2.04. The van der Waals surface area contributed by atoms with Crippen molar-refractivity contribution in [3.05, 3.63) is 34.6 Å². The highest BCUT2D eigenvalue weighted by Gasteiger charge is 2.22. The number of pyridine rings is 1. The number of aromatic hydroxyl groups is 1. The summed E-state index contributed by atoms with van der Waals surface area (Å²) in [4.78, 5) is 12.6. The van der Waals surface area contributed by atoms with Crippen molar-refractivity contribution in [2.24, 2.45) is 0 Å². The van der Waals surface area contributed by atoms with Crippen molar-refractivity contribution in [1.29, 1.82) is 0 Å². The van der Waals surface area contributed by atoms with Crippen LogP contribution in [0.4, 0.5) is 0 Å². The first kappa shape index (κ1) is 10.7. The third kappa shape index (κ3) is 1.55. The fourth-order valence-corrected chi connectivity index (χ4v) is 2.09. The van der Waals surface area contributed by atoms with Gasteiger partial charge in [-0.05, 0) is 12.1 Å². The predicted molar refractivity (Wildman–Crippen MR) is 56.0 cm³/mol. The zero-order valence-electron chi connectivity index (χ0n) is 7.84. The standard InChI is InChI=1S/C9H7NO5S/c11-7-5-3-1-2-4-6(5)10-9(12)8(7)16(13,14)15/h1-4H,(H2,10,11,12)(H,13,14,15). The molecule has 1 heterocycles. The highest BCUT2D eigenvalue weighted by molar-refractivity contribution is 7.86. The Kier molecular flexibility index (Phi) is 2.21. The molecule has 16 heavy (non-hydrogen) atoms. The zero-order chi connectivity index (χ0) is 11.9. The second-order valence-corrected chi connectivity index (χ2v) is 4.51. The van der Waals surface area contributed by atoms with Crippen LogP contribution in [-0.4, -0.2) is 23.1 Å². The number of nitrogens with one attached hydrogen (secondary N) is 1. The molecule has 0 amide bonds. The van der Waals surface area contributed by atoms with Gasteiger partial charge < -0.3 is 10.1 Å². The normalized spacial score (nSPS) is 11.8. The summed E-state index contributed by atoms with van der Waals surface area (Å²) in [5, 5.41) is 9.75. The number of hydrogen-bond acceptors (Lipinski definition) is 4. The average Bonchev–Trinajstić information content (AvgIpc) is 2.15. The van der Waals surface area contributed by atoms with Crippen LogP contribution >= 0.6 is 0 Å². The smallest absolute Gasteiger partial charge is 0.303 e. The molecular weight excluding hydrogens is 234 g/mol. The van der Waals surface area contributed by atoms with E-state index >= 15 is 0 Å². The Morgan fingerprint density at radius 1 is 1.19 bits per heavy atom. The molecular formula is C9H7NO5S. The van der Waals surface area contributed by atoms with Gasteiger partial charge in [0.2, 0.25) is 4.90 Å². The quantitative estimate of drug-likeness (QED) is 0.629. The van der Waals surface area contributed by atoms with Gasteiger partial charge in [-0.25, -0.2) is 0 Å². The van der Waals surface area contributed by atoms with Gasteiger partial charge in [-0.3, -0.25) is 9.35 Å². The van der Waals surface area contributed by atoms with Gasteiger partial charge in [0.15, 0.2) is 5.75 Å². The fraction of sp³-hybridized carbons (Fsp3) is 0. The van der Waals surface area contributed by atoms with Crippen LogP contribution in [-0.2, 0) is 10.1 Å². The lowest BCUT2D eigenvalue weighted by molar-refractivity contribution is 0.445. The van der Waals surface area contributed by atoms with Crippen LogP contribution in [0.15, 0.2) is 34.0 Å². The summed E-state index contributed by atoms with van der Waals surface area (Å²) >= 11 is 0. The Morgan fingerprint density at radius 2 is 1.81 bits per heavy atom. The number of aromatic amines is 1. The minimum absolute atomic E-state index is 0.148. The second-order valence-electron chi connectivity index (χ2n) is 3.15. The number of rotatable bonds is 1. The van der Waals surface area contributed by atoms with E-state index in [9.17, 15) is 18.3 Å². The van der Waals surface area contributed by atoms with Gasteiger partial charge >= 0.3 is 10.1 Å². The van der Waals surface area contributed by atoms with E-state index in [4.69, 9.17) is 4.55 Å². The summed E-state index contributed by atoms with van der Waals surface area (Å²) in [6.45, 7) is 0. The first-order valence-corrected chi connectivity index (χ1v) is 5.67. The van der Waals surface area contributed by atoms with E-state index < -0.39 is 26.3 Å². The van der Waals surface area contributed by atoms with Crippen molar-refractivity contribution in [1.82, 2.24) is 4.98 Å². The van der Waals surface area contributed by atoms with Crippen LogP contribution in [0.25, 0.3) is 10.9 Å². The molecule has 0 aliphatic rings. The number of hydrogen-bond donors (Lipinski definition) is 3. The Balaban J connectivity index is 3.04. The van der Waals surface area contributed by atoms with Gasteiger partial charge in [-0.15, -0.1) is 0 Å². The minimum atomic E-state index is -4.75. The second kappa shape index (κ2) is 3.32. The highest BCUT2D eigenvalue weighted by Crippen LogP contribution is 2.26. The van der Waals surface area contributed by atoms with Crippen LogP contribution in [0.2, 0.25) is 0 Å². The van der Waals surface area contributed by atoms with Crippen molar-refractivity contribution < 1.29 is 18.1 Å². The summed E-state index contributed by atoms with van der Waals surface area (Å²) < 4.78 is 30.6. The third-order valence-electron chi connectivity index (χ3n) is 2.11. The maximum atomic E-state index is 11.3. The van der Waals surface area contributed by atoms with E-state index in [0.29, 0.717) is 0 Å². The Hall–Kier alpha value is -1.86. The Labute approximate surface area is 89.9 Å². The van der Waals surface area contributed by atoms with E-state index in [1.165, 1.54) is 12.1 Å². The number of H-pyrrole nitrogens is 1. The lowest BCUT2D eigenvalue weighted by Crippen LogP contribution is -2.17. The van der Waals surface area contributed by atoms with E-state index in [-0.39, 0.29) is 10.9 Å². The van der Waals surface area contributed by atoms with Crippen molar-refractivity contribution in [3.63, 3.8) is 0 Å². The Bertz CT molecular complexity index is 716. The van der Waals surface area contributed by atoms with Crippen LogP contribution in [0.3, 0.4) is 0 Å². The van der Waals surface area contributed by atoms with Crippen molar-refractivity contribution >= 4 is 21.0 Å². The van der Waals surface area contributed by atoms with Gasteiger partial charge in [-0.2, -0.15) is 8.42 Å². The fourth-order valence-electron chi connectivity index (χ4n) is 1.45. The molecule has 0 aliphatic carbocycles. The summed E-state index contributed by atoms with van der Waals surface area (Å²) in [7, 11) is -4.75. The molecule has 1 aromatic heterocycles. The number of para-hydroxylation sites is 1. The zero-order valence-corrected chi connectivity index (χ0v) is 8.65. The van der Waals surface area contributed by atoms with Gasteiger partial charge in [0, 0.05) is 5.39 Å². The van der Waals surface area contributed by atoms with Crippen molar-refractivity contribution in [2.75, 3.05) is 0 Å². The van der Waals surface area contributed by atoms with Gasteiger partial charge in [0.25, 0.3) is 5.56 Å². The molecule has 7 heteroatoms. The number of benzene rings is 1. The van der Waals surface area contributed by atoms with Gasteiger partial charge in [0.1, 0.15) is 0 Å². The van der Waals surface area contributed by atoms with Crippen LogP contribution in [0, 0.1) is 0 Å². The molecule has 2 rings (SSSR count). The molecule has 0 saturated heterocycles. The Morgan fingerprint density at radius 3 is 2.44 bits per heavy atom. The summed E-state index contributed by atoms with van der Waals surface area (Å²) in [5.41, 5.74) is -0.768. The molecule has 0 saturated carbocycles. The molecule has 6 nitrogen and oxygen atoms in total. The van der Waals surface area contributed by atoms with Crippen molar-refractivity contribution in [2.45, 2.75) is 4.90 Å². The van der Waals surface area contributed by atoms with Crippen LogP contribution in [0.5, 0.6) is 5.75 Å². The molecule has 0 aliphatic heterocycles. The molecule has 1 aromatic carbocycles. The molecule has 0 atom stereocenters. The summed E-state index contributed by atoms with van der Waals surface area (Å²) in [6.07, 6.45) is 0. The first-order chi connectivity index (χ1) is 7.41. The lowest BCUT2D eigenvalue weighted by atomic mass is 10.2. The van der Waals surface area contributed by atoms with Crippen molar-refractivity contribution in [3.8, 4) is 5.75 Å². The van der Waals surface area contributed by atoms with E-state index in [1.807, 2.05) is 0 Å². The largest absolute Gasteiger partial charge is 0.506 e. The number of fused-ring (bicyclic) bond motifs is 1. The molecule has 3 N–H and O–H groups in total. The maximum absolute atomic E-state index is 11.3. The predicted octanol–water partition coefficient (Wildman–Crippen LogP) is 0.480. The van der Waals surface area contributed by atoms with E-state index in [2.05, 4.69) is 4.98 Å². The molecule has 0 radical (unpaired) electrons. The molecule has 0 fully saturated rings. The number of aromatic nitrogens is 1. The summed E-state index contributed by atoms with van der Waals surface area (Å²) in [5.74, 6) is -0.748.